The van der Waals surface area contributed by atoms with E-state index < -0.39 is 0 Å². The van der Waals surface area contributed by atoms with E-state index in [1.165, 1.54) is 0 Å². The SMILES string of the molecule is O=C1CCOc2ccc(CNC(=O)c3ccc4c(c3)OCO4)cc2N1. The van der Waals surface area contributed by atoms with Crippen molar-refractivity contribution in [3.05, 3.63) is 47.5 Å². The van der Waals surface area contributed by atoms with Crippen LogP contribution in [-0.4, -0.2) is 25.2 Å². The molecule has 4 rings (SSSR count). The zero-order chi connectivity index (χ0) is 17.2. The second-order valence-corrected chi connectivity index (χ2v) is 5.73. The summed E-state index contributed by atoms with van der Waals surface area (Å²) in [5.41, 5.74) is 1.98. The molecule has 0 saturated heterocycles. The number of rotatable bonds is 3. The van der Waals surface area contributed by atoms with E-state index in [0.717, 1.165) is 5.56 Å². The Kier molecular flexibility index (Phi) is 3.89. The minimum atomic E-state index is -0.214. The van der Waals surface area contributed by atoms with Crippen LogP contribution in [0.15, 0.2) is 36.4 Å². The highest BCUT2D eigenvalue weighted by Crippen LogP contribution is 2.32. The molecule has 7 nitrogen and oxygen atoms in total. The fourth-order valence-electron chi connectivity index (χ4n) is 2.70. The first-order valence-corrected chi connectivity index (χ1v) is 7.92. The molecule has 2 aliphatic heterocycles. The highest BCUT2D eigenvalue weighted by atomic mass is 16.7. The summed E-state index contributed by atoms with van der Waals surface area (Å²) in [7, 11) is 0. The van der Waals surface area contributed by atoms with E-state index in [1.54, 1.807) is 30.3 Å². The molecule has 2 aromatic carbocycles. The van der Waals surface area contributed by atoms with E-state index in [0.29, 0.717) is 48.1 Å². The third kappa shape index (κ3) is 3.21. The van der Waals surface area contributed by atoms with Gasteiger partial charge in [0.15, 0.2) is 11.5 Å². The highest BCUT2D eigenvalue weighted by molar-refractivity contribution is 5.95. The van der Waals surface area contributed by atoms with Gasteiger partial charge in [0.25, 0.3) is 5.91 Å². The Balaban J connectivity index is 1.44. The molecule has 0 aliphatic carbocycles. The Morgan fingerprint density at radius 2 is 1.88 bits per heavy atom. The molecule has 0 fully saturated rings. The molecule has 7 heteroatoms. The van der Waals surface area contributed by atoms with Crippen LogP contribution in [0.3, 0.4) is 0 Å². The van der Waals surface area contributed by atoms with Gasteiger partial charge in [-0.25, -0.2) is 0 Å². The van der Waals surface area contributed by atoms with Crippen molar-refractivity contribution in [2.75, 3.05) is 18.7 Å². The molecule has 2 N–H and O–H groups in total. The first kappa shape index (κ1) is 15.3. The van der Waals surface area contributed by atoms with Crippen molar-refractivity contribution in [3.63, 3.8) is 0 Å². The van der Waals surface area contributed by atoms with Gasteiger partial charge in [-0.3, -0.25) is 9.59 Å². The summed E-state index contributed by atoms with van der Waals surface area (Å²) < 4.78 is 16.0. The average Bonchev–Trinajstić information content (AvgIpc) is 3.00. The van der Waals surface area contributed by atoms with Gasteiger partial charge in [-0.2, -0.15) is 0 Å². The summed E-state index contributed by atoms with van der Waals surface area (Å²) in [6.45, 7) is 0.860. The number of carbonyl (C=O) groups excluding carboxylic acids is 2. The Bertz CT molecular complexity index is 849. The van der Waals surface area contributed by atoms with E-state index in [9.17, 15) is 9.59 Å². The van der Waals surface area contributed by atoms with Gasteiger partial charge < -0.3 is 24.8 Å². The molecule has 0 unspecified atom stereocenters. The molecule has 25 heavy (non-hydrogen) atoms. The molecule has 2 aliphatic rings. The largest absolute Gasteiger partial charge is 0.491 e. The van der Waals surface area contributed by atoms with Crippen LogP contribution in [0.25, 0.3) is 0 Å². The fourth-order valence-corrected chi connectivity index (χ4v) is 2.70. The second kappa shape index (κ2) is 6.35. The lowest BCUT2D eigenvalue weighted by molar-refractivity contribution is -0.116. The topological polar surface area (TPSA) is 85.9 Å². The number of nitrogens with one attached hydrogen (secondary N) is 2. The first-order valence-electron chi connectivity index (χ1n) is 7.92. The highest BCUT2D eigenvalue weighted by Gasteiger charge is 2.17. The Labute approximate surface area is 143 Å². The molecule has 128 valence electrons. The van der Waals surface area contributed by atoms with Crippen molar-refractivity contribution in [2.45, 2.75) is 13.0 Å². The standard InChI is InChI=1S/C18H16N2O5/c21-17-5-6-23-14-3-1-11(7-13(14)20-17)9-19-18(22)12-2-4-15-16(8-12)25-10-24-15/h1-4,7-8H,5-6,9-10H2,(H,19,22)(H,20,21). The quantitative estimate of drug-likeness (QED) is 0.893. The van der Waals surface area contributed by atoms with Crippen LogP contribution in [0.5, 0.6) is 17.2 Å². The van der Waals surface area contributed by atoms with Gasteiger partial charge in [-0.1, -0.05) is 6.07 Å². The van der Waals surface area contributed by atoms with E-state index in [4.69, 9.17) is 14.2 Å². The van der Waals surface area contributed by atoms with Gasteiger partial charge in [0.1, 0.15) is 5.75 Å². The Morgan fingerprint density at radius 3 is 2.80 bits per heavy atom. The van der Waals surface area contributed by atoms with E-state index in [2.05, 4.69) is 10.6 Å². The number of hydrogen-bond donors (Lipinski definition) is 2. The fraction of sp³-hybridized carbons (Fsp3) is 0.222. The van der Waals surface area contributed by atoms with Gasteiger partial charge in [-0.15, -0.1) is 0 Å². The summed E-state index contributed by atoms with van der Waals surface area (Å²) in [5, 5.41) is 5.65. The van der Waals surface area contributed by atoms with Crippen LogP contribution in [0.1, 0.15) is 22.3 Å². The van der Waals surface area contributed by atoms with Crippen LogP contribution >= 0.6 is 0 Å². The number of fused-ring (bicyclic) bond motifs is 2. The van der Waals surface area contributed by atoms with Crippen molar-refractivity contribution in [1.82, 2.24) is 5.32 Å². The summed E-state index contributed by atoms with van der Waals surface area (Å²) in [5.74, 6) is 1.54. The maximum atomic E-state index is 12.3. The number of ether oxygens (including phenoxy) is 3. The smallest absolute Gasteiger partial charge is 0.251 e. The monoisotopic (exact) mass is 340 g/mol. The lowest BCUT2D eigenvalue weighted by Crippen LogP contribution is -2.22. The predicted molar refractivity (Wildman–Crippen MR) is 88.9 cm³/mol. The van der Waals surface area contributed by atoms with E-state index >= 15 is 0 Å². The van der Waals surface area contributed by atoms with Crippen molar-refractivity contribution in [1.29, 1.82) is 0 Å². The Hall–Kier alpha value is -3.22. The molecule has 0 saturated carbocycles. The molecule has 2 heterocycles. The first-order chi connectivity index (χ1) is 12.2. The second-order valence-electron chi connectivity index (χ2n) is 5.73. The van der Waals surface area contributed by atoms with Crippen LogP contribution in [0, 0.1) is 0 Å². The van der Waals surface area contributed by atoms with Crippen molar-refractivity contribution < 1.29 is 23.8 Å². The average molecular weight is 340 g/mol. The summed E-state index contributed by atoms with van der Waals surface area (Å²) in [6.07, 6.45) is 0.324. The van der Waals surface area contributed by atoms with Gasteiger partial charge in [-0.05, 0) is 35.9 Å². The zero-order valence-corrected chi connectivity index (χ0v) is 13.3. The van der Waals surface area contributed by atoms with Crippen LogP contribution in [0.4, 0.5) is 5.69 Å². The zero-order valence-electron chi connectivity index (χ0n) is 13.3. The van der Waals surface area contributed by atoms with Gasteiger partial charge in [0.2, 0.25) is 12.7 Å². The predicted octanol–water partition coefficient (Wildman–Crippen LogP) is 2.07. The van der Waals surface area contributed by atoms with Crippen molar-refractivity contribution in [3.8, 4) is 17.2 Å². The van der Waals surface area contributed by atoms with Crippen LogP contribution < -0.4 is 24.8 Å². The minimum Gasteiger partial charge on any atom is -0.491 e. The van der Waals surface area contributed by atoms with Gasteiger partial charge in [0, 0.05) is 12.1 Å². The summed E-state index contributed by atoms with van der Waals surface area (Å²) in [4.78, 5) is 23.9. The van der Waals surface area contributed by atoms with E-state index in [-0.39, 0.29) is 18.6 Å². The Morgan fingerprint density at radius 1 is 1.04 bits per heavy atom. The number of amides is 2. The molecule has 0 spiro atoms. The van der Waals surface area contributed by atoms with Crippen molar-refractivity contribution in [2.24, 2.45) is 0 Å². The lowest BCUT2D eigenvalue weighted by Gasteiger charge is -2.10. The maximum Gasteiger partial charge on any atom is 0.251 e. The number of benzene rings is 2. The molecular weight excluding hydrogens is 324 g/mol. The lowest BCUT2D eigenvalue weighted by atomic mass is 10.1. The maximum absolute atomic E-state index is 12.3. The number of hydrogen-bond acceptors (Lipinski definition) is 5. The number of carbonyl (C=O) groups is 2. The summed E-state index contributed by atoms with van der Waals surface area (Å²) >= 11 is 0. The number of anilines is 1. The van der Waals surface area contributed by atoms with Crippen molar-refractivity contribution >= 4 is 17.5 Å². The third-order valence-corrected chi connectivity index (χ3v) is 3.99. The molecule has 0 radical (unpaired) electrons. The normalized spacial score (nSPS) is 14.8. The molecule has 0 aromatic heterocycles. The van der Waals surface area contributed by atoms with E-state index in [1.807, 2.05) is 6.07 Å². The summed E-state index contributed by atoms with van der Waals surface area (Å²) in [6, 6.07) is 10.5. The van der Waals surface area contributed by atoms with Gasteiger partial charge >= 0.3 is 0 Å². The van der Waals surface area contributed by atoms with Gasteiger partial charge in [0.05, 0.1) is 18.7 Å². The van der Waals surface area contributed by atoms with Crippen LogP contribution in [0.2, 0.25) is 0 Å². The minimum absolute atomic E-state index is 0.0831. The molecule has 0 atom stereocenters. The third-order valence-electron chi connectivity index (χ3n) is 3.99. The van der Waals surface area contributed by atoms with Crippen LogP contribution in [-0.2, 0) is 11.3 Å². The molecule has 2 amide bonds. The molecule has 0 bridgehead atoms. The molecular formula is C18H16N2O5. The molecule has 2 aromatic rings.